The number of aryl methyl sites for hydroxylation is 1. The highest BCUT2D eigenvalue weighted by atomic mass is 35.5. The van der Waals surface area contributed by atoms with Gasteiger partial charge in [0.25, 0.3) is 5.69 Å². The number of rotatable bonds is 11. The Hall–Kier alpha value is -4.06. The maximum atomic E-state index is 13.3. The summed E-state index contributed by atoms with van der Waals surface area (Å²) in [5, 5.41) is 21.8. The van der Waals surface area contributed by atoms with Crippen LogP contribution in [0.25, 0.3) is 16.8 Å². The van der Waals surface area contributed by atoms with Crippen LogP contribution in [0.5, 0.6) is 0 Å². The Balaban J connectivity index is 1.83. The molecule has 0 fully saturated rings. The second-order valence-corrected chi connectivity index (χ2v) is 11.3. The lowest BCUT2D eigenvalue weighted by molar-refractivity contribution is -0.384. The molecule has 0 unspecified atom stereocenters. The molecule has 0 spiro atoms. The van der Waals surface area contributed by atoms with Crippen LogP contribution in [-0.4, -0.2) is 35.7 Å². The fraction of sp³-hybridized carbons (Fsp3) is 0.241. The van der Waals surface area contributed by atoms with Crippen molar-refractivity contribution in [3.63, 3.8) is 0 Å². The topological polar surface area (TPSA) is 147 Å². The van der Waals surface area contributed by atoms with Crippen LogP contribution < -0.4 is 5.14 Å². The van der Waals surface area contributed by atoms with Gasteiger partial charge in [-0.2, -0.15) is 5.10 Å². The van der Waals surface area contributed by atoms with Crippen molar-refractivity contribution in [1.82, 2.24) is 9.78 Å². The number of halogens is 1. The number of nitrogens with zero attached hydrogens (tertiary/aromatic N) is 3. The molecule has 3 aromatic carbocycles. The van der Waals surface area contributed by atoms with E-state index in [2.05, 4.69) is 0 Å². The molecular formula is C29H29ClN4O6S. The molecule has 0 aliphatic rings. The number of carbonyl (C=O) groups excluding carboxylic acids is 1. The summed E-state index contributed by atoms with van der Waals surface area (Å²) in [5.41, 5.74) is 3.39. The molecule has 1 heterocycles. The highest BCUT2D eigenvalue weighted by Gasteiger charge is 2.27. The van der Waals surface area contributed by atoms with Crippen molar-refractivity contribution in [2.75, 3.05) is 6.61 Å². The average molecular weight is 597 g/mol. The van der Waals surface area contributed by atoms with Crippen molar-refractivity contribution in [3.8, 4) is 16.8 Å². The maximum Gasteiger partial charge on any atom is 0.357 e. The molecule has 1 aromatic heterocycles. The quantitative estimate of drug-likeness (QED) is 0.129. The van der Waals surface area contributed by atoms with Gasteiger partial charge in [-0.3, -0.25) is 10.1 Å². The number of nitro groups is 1. The first-order valence-electron chi connectivity index (χ1n) is 13.0. The van der Waals surface area contributed by atoms with Crippen molar-refractivity contribution < 1.29 is 22.9 Å². The number of sulfonamides is 1. The molecule has 4 aromatic rings. The average Bonchev–Trinajstić information content (AvgIpc) is 3.29. The Kier molecular flexibility index (Phi) is 9.21. The number of hydrogen-bond donors (Lipinski definition) is 1. The normalized spacial score (nSPS) is 11.4. The molecule has 0 atom stereocenters. The third-order valence-corrected chi connectivity index (χ3v) is 7.80. The van der Waals surface area contributed by atoms with E-state index in [0.717, 1.165) is 18.4 Å². The Morgan fingerprint density at radius 1 is 1.10 bits per heavy atom. The lowest BCUT2D eigenvalue weighted by atomic mass is 9.97. The summed E-state index contributed by atoms with van der Waals surface area (Å²) < 4.78 is 30.9. The molecule has 41 heavy (non-hydrogen) atoms. The van der Waals surface area contributed by atoms with Gasteiger partial charge in [0.05, 0.1) is 32.8 Å². The maximum absolute atomic E-state index is 13.3. The van der Waals surface area contributed by atoms with Crippen LogP contribution in [0.2, 0.25) is 5.02 Å². The lowest BCUT2D eigenvalue weighted by Gasteiger charge is -2.11. The summed E-state index contributed by atoms with van der Waals surface area (Å²) in [6.45, 7) is 3.85. The number of nitrogens with two attached hydrogens (primary N) is 1. The molecule has 0 aliphatic carbocycles. The number of non-ortho nitro benzene ring substituents is 1. The number of benzene rings is 3. The number of ether oxygens (including phenoxy) is 1. The van der Waals surface area contributed by atoms with Gasteiger partial charge in [-0.15, -0.1) is 0 Å². The fourth-order valence-corrected chi connectivity index (χ4v) is 5.50. The zero-order chi connectivity index (χ0) is 29.7. The SMILES string of the molecule is CCCCc1nn(-c2cc([N+](=O)[O-])ccc2Cl)c(C(=O)OCC)c1Cc1ccc(-c2ccccc2S(N)(=O)=O)cc1. The number of carbonyl (C=O) groups is 1. The standard InChI is InChI=1S/C29H29ClN4O6S/c1-3-5-9-25-23(17-19-11-13-20(14-12-19)22-8-6-7-10-27(22)41(31,38)39)28(29(35)40-4-2)33(32-25)26-18-21(34(36)37)15-16-24(26)30/h6-8,10-16,18H,3-5,9,17H2,1-2H3,(H2,31,38,39). The zero-order valence-corrected chi connectivity index (χ0v) is 24.1. The van der Waals surface area contributed by atoms with Crippen molar-refractivity contribution >= 4 is 33.3 Å². The second-order valence-electron chi connectivity index (χ2n) is 9.32. The molecule has 4 rings (SSSR count). The first kappa shape index (κ1) is 29.9. The first-order chi connectivity index (χ1) is 19.5. The Labute approximate surface area is 242 Å². The predicted molar refractivity (Wildman–Crippen MR) is 156 cm³/mol. The van der Waals surface area contributed by atoms with E-state index in [1.807, 2.05) is 19.1 Å². The van der Waals surface area contributed by atoms with E-state index < -0.39 is 20.9 Å². The molecule has 10 nitrogen and oxygen atoms in total. The Bertz CT molecular complexity index is 1700. The Morgan fingerprint density at radius 3 is 2.44 bits per heavy atom. The van der Waals surface area contributed by atoms with E-state index in [4.69, 9.17) is 26.6 Å². The Morgan fingerprint density at radius 2 is 1.80 bits per heavy atom. The molecule has 0 saturated heterocycles. The lowest BCUT2D eigenvalue weighted by Crippen LogP contribution is -2.14. The molecule has 0 aliphatic heterocycles. The van der Waals surface area contributed by atoms with Crippen LogP contribution in [-0.2, 0) is 27.6 Å². The third kappa shape index (κ3) is 6.64. The van der Waals surface area contributed by atoms with Gasteiger partial charge in [0.15, 0.2) is 5.69 Å². The molecule has 12 heteroatoms. The minimum atomic E-state index is -3.93. The first-order valence-corrected chi connectivity index (χ1v) is 14.9. The van der Waals surface area contributed by atoms with Gasteiger partial charge in [-0.1, -0.05) is 67.4 Å². The van der Waals surface area contributed by atoms with E-state index in [0.29, 0.717) is 35.2 Å². The summed E-state index contributed by atoms with van der Waals surface area (Å²) >= 11 is 6.45. The highest BCUT2D eigenvalue weighted by molar-refractivity contribution is 7.89. The minimum absolute atomic E-state index is 0.0225. The molecule has 0 saturated carbocycles. The van der Waals surface area contributed by atoms with Gasteiger partial charge in [0.2, 0.25) is 10.0 Å². The monoisotopic (exact) mass is 596 g/mol. The molecular weight excluding hydrogens is 568 g/mol. The van der Waals surface area contributed by atoms with Crippen LogP contribution in [0.4, 0.5) is 5.69 Å². The summed E-state index contributed by atoms with van der Waals surface area (Å²) in [4.78, 5) is 24.3. The number of aromatic nitrogens is 2. The predicted octanol–water partition coefficient (Wildman–Crippen LogP) is 5.86. The van der Waals surface area contributed by atoms with E-state index in [-0.39, 0.29) is 33.6 Å². The fourth-order valence-electron chi connectivity index (χ4n) is 4.55. The smallest absolute Gasteiger partial charge is 0.357 e. The minimum Gasteiger partial charge on any atom is -0.461 e. The molecule has 0 bridgehead atoms. The molecule has 0 amide bonds. The molecule has 214 valence electrons. The van der Waals surface area contributed by atoms with Crippen LogP contribution >= 0.6 is 11.6 Å². The number of nitro benzene ring substituents is 1. The van der Waals surface area contributed by atoms with E-state index in [9.17, 15) is 23.3 Å². The van der Waals surface area contributed by atoms with Gasteiger partial charge in [-0.25, -0.2) is 23.0 Å². The van der Waals surface area contributed by atoms with Gasteiger partial charge in [0, 0.05) is 29.7 Å². The van der Waals surface area contributed by atoms with Gasteiger partial charge >= 0.3 is 5.97 Å². The summed E-state index contributed by atoms with van der Waals surface area (Å²) in [6, 6.07) is 17.7. The number of hydrogen-bond acceptors (Lipinski definition) is 7. The van der Waals surface area contributed by atoms with Crippen LogP contribution in [0.15, 0.2) is 71.6 Å². The summed E-state index contributed by atoms with van der Waals surface area (Å²) in [6.07, 6.45) is 2.56. The van der Waals surface area contributed by atoms with Crippen LogP contribution in [0, 0.1) is 10.1 Å². The van der Waals surface area contributed by atoms with Crippen molar-refractivity contribution in [2.45, 2.75) is 44.4 Å². The molecule has 2 N–H and O–H groups in total. The van der Waals surface area contributed by atoms with Crippen molar-refractivity contribution in [1.29, 1.82) is 0 Å². The van der Waals surface area contributed by atoms with E-state index in [1.165, 1.54) is 28.9 Å². The second kappa shape index (κ2) is 12.6. The van der Waals surface area contributed by atoms with E-state index in [1.54, 1.807) is 37.3 Å². The number of unbranched alkanes of at least 4 members (excludes halogenated alkanes) is 1. The van der Waals surface area contributed by atoms with Gasteiger partial charge in [0.1, 0.15) is 0 Å². The highest BCUT2D eigenvalue weighted by Crippen LogP contribution is 2.32. The molecule has 0 radical (unpaired) electrons. The van der Waals surface area contributed by atoms with Crippen molar-refractivity contribution in [3.05, 3.63) is 104 Å². The summed E-state index contributed by atoms with van der Waals surface area (Å²) in [7, 11) is -3.93. The summed E-state index contributed by atoms with van der Waals surface area (Å²) in [5.74, 6) is -0.626. The van der Waals surface area contributed by atoms with Crippen LogP contribution in [0.3, 0.4) is 0 Å². The van der Waals surface area contributed by atoms with Gasteiger partial charge in [-0.05, 0) is 43.0 Å². The van der Waals surface area contributed by atoms with Crippen LogP contribution in [0.1, 0.15) is 54.0 Å². The van der Waals surface area contributed by atoms with Gasteiger partial charge < -0.3 is 4.74 Å². The van der Waals surface area contributed by atoms with Crippen molar-refractivity contribution in [2.24, 2.45) is 5.14 Å². The zero-order valence-electron chi connectivity index (χ0n) is 22.5. The largest absolute Gasteiger partial charge is 0.461 e. The van der Waals surface area contributed by atoms with E-state index >= 15 is 0 Å². The number of esters is 1. The number of primary sulfonamides is 1. The third-order valence-electron chi connectivity index (χ3n) is 6.51.